The Morgan fingerprint density at radius 1 is 1.09 bits per heavy atom. The fraction of sp³-hybridized carbons (Fsp3) is 0.455. The monoisotopic (exact) mass is 466 g/mol. The number of piperidine rings is 1. The van der Waals surface area contributed by atoms with Crippen molar-refractivity contribution in [2.24, 2.45) is 7.05 Å². The van der Waals surface area contributed by atoms with Gasteiger partial charge in [0.1, 0.15) is 11.2 Å². The molecule has 2 aliphatic rings. The van der Waals surface area contributed by atoms with Crippen LogP contribution >= 0.6 is 0 Å². The zero-order chi connectivity index (χ0) is 22.6. The molecule has 0 radical (unpaired) electrons. The Morgan fingerprint density at radius 2 is 1.94 bits per heavy atom. The smallest absolute Gasteiger partial charge is 0.246 e. The molecule has 11 heteroatoms. The van der Waals surface area contributed by atoms with E-state index in [2.05, 4.69) is 20.3 Å². The van der Waals surface area contributed by atoms with E-state index >= 15 is 0 Å². The molecule has 6 heterocycles. The molecule has 0 aromatic carbocycles. The summed E-state index contributed by atoms with van der Waals surface area (Å²) in [5, 5.41) is 13.2. The quantitative estimate of drug-likeness (QED) is 0.457. The summed E-state index contributed by atoms with van der Waals surface area (Å²) in [5.74, 6) is 0.211. The molecule has 33 heavy (non-hydrogen) atoms. The third kappa shape index (κ3) is 3.46. The minimum atomic E-state index is -3.54. The van der Waals surface area contributed by atoms with Crippen molar-refractivity contribution in [3.63, 3.8) is 0 Å². The molecule has 1 fully saturated rings. The Morgan fingerprint density at radius 3 is 2.73 bits per heavy atom. The normalized spacial score (nSPS) is 18.1. The number of rotatable bonds is 4. The van der Waals surface area contributed by atoms with Crippen LogP contribution in [-0.4, -0.2) is 60.0 Å². The van der Waals surface area contributed by atoms with E-state index in [9.17, 15) is 8.42 Å². The van der Waals surface area contributed by atoms with Crippen LogP contribution in [0.25, 0.3) is 16.9 Å². The van der Waals surface area contributed by atoms with Crippen LogP contribution in [0, 0.1) is 0 Å². The lowest BCUT2D eigenvalue weighted by Gasteiger charge is -2.32. The summed E-state index contributed by atoms with van der Waals surface area (Å²) in [6.45, 7) is 1.76. The zero-order valence-electron chi connectivity index (χ0n) is 18.5. The molecule has 0 amide bonds. The van der Waals surface area contributed by atoms with Crippen LogP contribution in [0.3, 0.4) is 0 Å². The maximum absolute atomic E-state index is 13.4. The number of pyridine rings is 1. The highest BCUT2D eigenvalue weighted by atomic mass is 32.2. The van der Waals surface area contributed by atoms with Gasteiger partial charge in [0.2, 0.25) is 10.0 Å². The SMILES string of the molecule is Cn1ccc(-c2cc3ncnn3cc2C2CCN(S(=O)(=O)c3cnn4c3CCCC4)CC2)n1. The Bertz CT molecular complexity index is 1430. The van der Waals surface area contributed by atoms with Gasteiger partial charge in [-0.1, -0.05) is 0 Å². The molecular weight excluding hydrogens is 440 g/mol. The molecule has 0 bridgehead atoms. The van der Waals surface area contributed by atoms with Gasteiger partial charge in [0, 0.05) is 44.6 Å². The largest absolute Gasteiger partial charge is 0.275 e. The molecule has 0 atom stereocenters. The third-order valence-corrected chi connectivity index (χ3v) is 8.83. The van der Waals surface area contributed by atoms with Gasteiger partial charge in [-0.3, -0.25) is 9.36 Å². The van der Waals surface area contributed by atoms with Gasteiger partial charge in [0.05, 0.1) is 17.6 Å². The molecule has 172 valence electrons. The second-order valence-corrected chi connectivity index (χ2v) is 10.8. The lowest BCUT2D eigenvalue weighted by atomic mass is 9.87. The van der Waals surface area contributed by atoms with Crippen molar-refractivity contribution in [2.45, 2.75) is 49.5 Å². The Hall–Kier alpha value is -3.05. The first kappa shape index (κ1) is 20.5. The van der Waals surface area contributed by atoms with E-state index in [0.29, 0.717) is 18.0 Å². The van der Waals surface area contributed by atoms with Crippen LogP contribution in [0.15, 0.2) is 41.9 Å². The van der Waals surface area contributed by atoms with Gasteiger partial charge in [-0.25, -0.2) is 17.9 Å². The van der Waals surface area contributed by atoms with E-state index < -0.39 is 10.0 Å². The third-order valence-electron chi connectivity index (χ3n) is 6.89. The first-order valence-corrected chi connectivity index (χ1v) is 12.8. The van der Waals surface area contributed by atoms with Gasteiger partial charge in [-0.05, 0) is 55.7 Å². The number of sulfonamides is 1. The minimum absolute atomic E-state index is 0.211. The molecule has 1 saturated heterocycles. The van der Waals surface area contributed by atoms with Crippen LogP contribution in [0.2, 0.25) is 0 Å². The Kier molecular flexibility index (Phi) is 4.84. The van der Waals surface area contributed by atoms with Gasteiger partial charge in [-0.15, -0.1) is 0 Å². The molecule has 0 spiro atoms. The van der Waals surface area contributed by atoms with Gasteiger partial charge >= 0.3 is 0 Å². The summed E-state index contributed by atoms with van der Waals surface area (Å²) in [5.41, 5.74) is 4.68. The number of hydrogen-bond acceptors (Lipinski definition) is 6. The fourth-order valence-electron chi connectivity index (χ4n) is 5.14. The average molecular weight is 467 g/mol. The highest BCUT2D eigenvalue weighted by Crippen LogP contribution is 2.37. The topological polar surface area (TPSA) is 103 Å². The van der Waals surface area contributed by atoms with Crippen LogP contribution < -0.4 is 0 Å². The molecule has 2 aliphatic heterocycles. The highest BCUT2D eigenvalue weighted by Gasteiger charge is 2.34. The van der Waals surface area contributed by atoms with Crippen molar-refractivity contribution in [3.8, 4) is 11.3 Å². The highest BCUT2D eigenvalue weighted by molar-refractivity contribution is 7.89. The molecule has 4 aromatic rings. The van der Waals surface area contributed by atoms with Crippen molar-refractivity contribution in [1.29, 1.82) is 0 Å². The van der Waals surface area contributed by atoms with E-state index in [1.54, 1.807) is 26.0 Å². The summed E-state index contributed by atoms with van der Waals surface area (Å²) in [4.78, 5) is 4.72. The van der Waals surface area contributed by atoms with Gasteiger partial charge in [-0.2, -0.15) is 19.6 Å². The van der Waals surface area contributed by atoms with Crippen molar-refractivity contribution in [2.75, 3.05) is 13.1 Å². The number of fused-ring (bicyclic) bond motifs is 2. The van der Waals surface area contributed by atoms with E-state index in [0.717, 1.165) is 66.8 Å². The zero-order valence-corrected chi connectivity index (χ0v) is 19.3. The van der Waals surface area contributed by atoms with E-state index in [-0.39, 0.29) is 5.92 Å². The predicted octanol–water partition coefficient (Wildman–Crippen LogP) is 2.23. The lowest BCUT2D eigenvalue weighted by molar-refractivity contribution is 0.319. The molecule has 0 unspecified atom stereocenters. The van der Waals surface area contributed by atoms with Crippen LogP contribution in [0.4, 0.5) is 0 Å². The van der Waals surface area contributed by atoms with Gasteiger partial charge in [0.15, 0.2) is 5.65 Å². The summed E-state index contributed by atoms with van der Waals surface area (Å²) >= 11 is 0. The Labute approximate surface area is 191 Å². The summed E-state index contributed by atoms with van der Waals surface area (Å²) in [6, 6.07) is 4.02. The van der Waals surface area contributed by atoms with Crippen LogP contribution in [0.1, 0.15) is 42.9 Å². The second kappa shape index (κ2) is 7.77. The summed E-state index contributed by atoms with van der Waals surface area (Å²) in [7, 11) is -1.64. The summed E-state index contributed by atoms with van der Waals surface area (Å²) in [6.07, 6.45) is 11.3. The van der Waals surface area contributed by atoms with E-state index in [1.807, 2.05) is 36.3 Å². The maximum Gasteiger partial charge on any atom is 0.246 e. The molecule has 4 aromatic heterocycles. The fourth-order valence-corrected chi connectivity index (χ4v) is 6.79. The average Bonchev–Trinajstić information content (AvgIpc) is 3.57. The van der Waals surface area contributed by atoms with Crippen LogP contribution in [0.5, 0.6) is 0 Å². The first-order chi connectivity index (χ1) is 16.0. The lowest BCUT2D eigenvalue weighted by Crippen LogP contribution is -2.38. The van der Waals surface area contributed by atoms with Crippen molar-refractivity contribution >= 4 is 15.7 Å². The predicted molar refractivity (Wildman–Crippen MR) is 121 cm³/mol. The van der Waals surface area contributed by atoms with Gasteiger partial charge < -0.3 is 0 Å². The number of aryl methyl sites for hydroxylation is 2. The standard InChI is InChI=1S/C22H26N8O2S/c1-27-9-7-19(26-27)17-12-22-23-15-25-30(22)14-18(17)16-5-10-28(11-6-16)33(31,32)21-13-24-29-8-3-2-4-20(21)29/h7,9,12-16H,2-6,8,10-11H2,1H3. The number of hydrogen-bond donors (Lipinski definition) is 0. The maximum atomic E-state index is 13.4. The molecule has 0 aliphatic carbocycles. The molecule has 6 rings (SSSR count). The summed E-state index contributed by atoms with van der Waals surface area (Å²) < 4.78 is 33.9. The molecule has 0 N–H and O–H groups in total. The number of aromatic nitrogens is 7. The van der Waals surface area contributed by atoms with Crippen molar-refractivity contribution < 1.29 is 8.42 Å². The second-order valence-electron chi connectivity index (χ2n) is 8.89. The molecular formula is C22H26N8O2S. The van der Waals surface area contributed by atoms with E-state index in [1.165, 1.54) is 0 Å². The molecule has 10 nitrogen and oxygen atoms in total. The van der Waals surface area contributed by atoms with E-state index in [4.69, 9.17) is 0 Å². The first-order valence-electron chi connectivity index (χ1n) is 11.4. The van der Waals surface area contributed by atoms with Crippen LogP contribution in [-0.2, 0) is 30.0 Å². The Balaban J connectivity index is 1.28. The van der Waals surface area contributed by atoms with Crippen molar-refractivity contribution in [3.05, 3.63) is 48.3 Å². The van der Waals surface area contributed by atoms with Gasteiger partial charge in [0.25, 0.3) is 0 Å². The number of nitrogens with zero attached hydrogens (tertiary/aromatic N) is 8. The minimum Gasteiger partial charge on any atom is -0.275 e. The van der Waals surface area contributed by atoms with Crippen molar-refractivity contribution in [1.82, 2.24) is 38.5 Å². The molecule has 0 saturated carbocycles.